The third-order valence-electron chi connectivity index (χ3n) is 3.07. The van der Waals surface area contributed by atoms with Crippen molar-refractivity contribution in [1.29, 1.82) is 0 Å². The molecule has 1 aromatic heterocycles. The van der Waals surface area contributed by atoms with Crippen LogP contribution in [0.4, 0.5) is 0 Å². The predicted octanol–water partition coefficient (Wildman–Crippen LogP) is 4.93. The van der Waals surface area contributed by atoms with Gasteiger partial charge in [0.2, 0.25) is 0 Å². The Bertz CT molecular complexity index is 585. The molecule has 0 spiro atoms. The summed E-state index contributed by atoms with van der Waals surface area (Å²) in [6, 6.07) is 15.1. The topological polar surface area (TPSA) is 0 Å². The SMILES string of the molecule is Cc1ccc(C2=CC=C(c3ccccc3)C2)s1. The molecule has 0 bridgehead atoms. The molecule has 1 aromatic carbocycles. The smallest absolute Gasteiger partial charge is 0.0308 e. The Labute approximate surface area is 106 Å². The van der Waals surface area contributed by atoms with Gasteiger partial charge in [0.1, 0.15) is 0 Å². The number of aryl methyl sites for hydroxylation is 1. The summed E-state index contributed by atoms with van der Waals surface area (Å²) < 4.78 is 0. The van der Waals surface area contributed by atoms with Crippen LogP contribution in [0.3, 0.4) is 0 Å². The second-order valence-corrected chi connectivity index (χ2v) is 5.62. The molecule has 2 aromatic rings. The molecule has 0 saturated carbocycles. The fraction of sp³-hybridized carbons (Fsp3) is 0.125. The summed E-state index contributed by atoms with van der Waals surface area (Å²) in [5.74, 6) is 0. The van der Waals surface area contributed by atoms with Gasteiger partial charge in [0.25, 0.3) is 0 Å². The molecule has 1 heteroatoms. The van der Waals surface area contributed by atoms with Gasteiger partial charge in [0.05, 0.1) is 0 Å². The van der Waals surface area contributed by atoms with Gasteiger partial charge in [-0.25, -0.2) is 0 Å². The van der Waals surface area contributed by atoms with E-state index in [1.807, 2.05) is 11.3 Å². The van der Waals surface area contributed by atoms with E-state index in [2.05, 4.69) is 61.5 Å². The maximum Gasteiger partial charge on any atom is 0.0308 e. The quantitative estimate of drug-likeness (QED) is 0.696. The average molecular weight is 238 g/mol. The van der Waals surface area contributed by atoms with Crippen molar-refractivity contribution in [3.05, 3.63) is 69.9 Å². The molecule has 1 aliphatic rings. The highest BCUT2D eigenvalue weighted by molar-refractivity contribution is 7.13. The van der Waals surface area contributed by atoms with Crippen LogP contribution >= 0.6 is 11.3 Å². The van der Waals surface area contributed by atoms with Crippen molar-refractivity contribution in [3.8, 4) is 0 Å². The van der Waals surface area contributed by atoms with Crippen LogP contribution in [-0.2, 0) is 0 Å². The number of allylic oxidation sites excluding steroid dienone is 4. The second-order valence-electron chi connectivity index (χ2n) is 4.34. The summed E-state index contributed by atoms with van der Waals surface area (Å²) in [4.78, 5) is 2.79. The number of thiophene rings is 1. The van der Waals surface area contributed by atoms with Crippen LogP contribution in [0.5, 0.6) is 0 Å². The van der Waals surface area contributed by atoms with Crippen LogP contribution in [0.15, 0.2) is 54.6 Å². The molecule has 17 heavy (non-hydrogen) atoms. The van der Waals surface area contributed by atoms with Crippen LogP contribution in [0.1, 0.15) is 21.7 Å². The fourth-order valence-corrected chi connectivity index (χ4v) is 3.04. The Kier molecular flexibility index (Phi) is 2.69. The fourth-order valence-electron chi connectivity index (χ4n) is 2.15. The first-order chi connectivity index (χ1) is 8.33. The highest BCUT2D eigenvalue weighted by Crippen LogP contribution is 2.36. The molecule has 0 N–H and O–H groups in total. The standard InChI is InChI=1S/C16H14S/c1-12-7-10-16(17-12)15-9-8-14(11-15)13-5-3-2-4-6-13/h2-10H,11H2,1H3. The third kappa shape index (κ3) is 2.11. The van der Waals surface area contributed by atoms with E-state index < -0.39 is 0 Å². The monoisotopic (exact) mass is 238 g/mol. The van der Waals surface area contributed by atoms with E-state index in [0.717, 1.165) is 6.42 Å². The molecule has 0 fully saturated rings. The lowest BCUT2D eigenvalue weighted by Crippen LogP contribution is -1.81. The highest BCUT2D eigenvalue weighted by Gasteiger charge is 2.12. The van der Waals surface area contributed by atoms with Crippen molar-refractivity contribution >= 4 is 22.5 Å². The lowest BCUT2D eigenvalue weighted by molar-refractivity contribution is 1.45. The first-order valence-corrected chi connectivity index (χ1v) is 6.66. The van der Waals surface area contributed by atoms with Gasteiger partial charge in [-0.3, -0.25) is 0 Å². The van der Waals surface area contributed by atoms with Gasteiger partial charge in [-0.15, -0.1) is 11.3 Å². The van der Waals surface area contributed by atoms with Gasteiger partial charge in [-0.1, -0.05) is 42.5 Å². The maximum atomic E-state index is 2.26. The zero-order valence-corrected chi connectivity index (χ0v) is 10.6. The van der Waals surface area contributed by atoms with Gasteiger partial charge < -0.3 is 0 Å². The zero-order valence-electron chi connectivity index (χ0n) is 9.81. The van der Waals surface area contributed by atoms with Crippen molar-refractivity contribution < 1.29 is 0 Å². The second kappa shape index (κ2) is 4.34. The van der Waals surface area contributed by atoms with E-state index in [-0.39, 0.29) is 0 Å². The predicted molar refractivity (Wildman–Crippen MR) is 76.1 cm³/mol. The Morgan fingerprint density at radius 2 is 1.65 bits per heavy atom. The lowest BCUT2D eigenvalue weighted by Gasteiger charge is -2.03. The van der Waals surface area contributed by atoms with E-state index >= 15 is 0 Å². The Morgan fingerprint density at radius 3 is 2.35 bits per heavy atom. The summed E-state index contributed by atoms with van der Waals surface area (Å²) in [5, 5.41) is 0. The molecule has 0 unspecified atom stereocenters. The van der Waals surface area contributed by atoms with Gasteiger partial charge in [-0.2, -0.15) is 0 Å². The van der Waals surface area contributed by atoms with Gasteiger partial charge in [-0.05, 0) is 42.2 Å². The molecule has 3 rings (SSSR count). The minimum atomic E-state index is 1.06. The Hall–Kier alpha value is -1.60. The molecule has 0 radical (unpaired) electrons. The Morgan fingerprint density at radius 1 is 0.882 bits per heavy atom. The maximum absolute atomic E-state index is 2.26. The number of benzene rings is 1. The molecule has 1 aliphatic carbocycles. The Balaban J connectivity index is 1.81. The minimum absolute atomic E-state index is 1.06. The molecule has 0 atom stereocenters. The van der Waals surface area contributed by atoms with E-state index in [9.17, 15) is 0 Å². The van der Waals surface area contributed by atoms with Crippen molar-refractivity contribution in [1.82, 2.24) is 0 Å². The van der Waals surface area contributed by atoms with Gasteiger partial charge in [0, 0.05) is 9.75 Å². The van der Waals surface area contributed by atoms with Crippen LogP contribution in [0, 0.1) is 6.92 Å². The number of hydrogen-bond donors (Lipinski definition) is 0. The number of hydrogen-bond acceptors (Lipinski definition) is 1. The van der Waals surface area contributed by atoms with Crippen molar-refractivity contribution in [2.75, 3.05) is 0 Å². The first-order valence-electron chi connectivity index (χ1n) is 5.85. The average Bonchev–Trinajstić information content (AvgIpc) is 2.98. The van der Waals surface area contributed by atoms with Gasteiger partial charge >= 0.3 is 0 Å². The van der Waals surface area contributed by atoms with E-state index in [4.69, 9.17) is 0 Å². The van der Waals surface area contributed by atoms with Crippen molar-refractivity contribution in [2.45, 2.75) is 13.3 Å². The third-order valence-corrected chi connectivity index (χ3v) is 4.14. The van der Waals surface area contributed by atoms with Crippen LogP contribution in [-0.4, -0.2) is 0 Å². The molecule has 0 saturated heterocycles. The molecule has 84 valence electrons. The molecule has 0 amide bonds. The molecule has 0 aliphatic heterocycles. The van der Waals surface area contributed by atoms with Crippen LogP contribution < -0.4 is 0 Å². The molecule has 0 nitrogen and oxygen atoms in total. The molecular weight excluding hydrogens is 224 g/mol. The first kappa shape index (κ1) is 10.5. The van der Waals surface area contributed by atoms with Crippen molar-refractivity contribution in [3.63, 3.8) is 0 Å². The normalized spacial score (nSPS) is 14.6. The van der Waals surface area contributed by atoms with Crippen LogP contribution in [0.25, 0.3) is 11.1 Å². The summed E-state index contributed by atoms with van der Waals surface area (Å²) in [7, 11) is 0. The highest BCUT2D eigenvalue weighted by atomic mass is 32.1. The lowest BCUT2D eigenvalue weighted by atomic mass is 10.0. The molecular formula is C16H14S. The van der Waals surface area contributed by atoms with E-state index in [1.165, 1.54) is 26.5 Å². The van der Waals surface area contributed by atoms with Gasteiger partial charge in [0.15, 0.2) is 0 Å². The summed E-state index contributed by atoms with van der Waals surface area (Å²) in [6.07, 6.45) is 5.57. The molecule has 1 heterocycles. The van der Waals surface area contributed by atoms with Crippen LogP contribution in [0.2, 0.25) is 0 Å². The van der Waals surface area contributed by atoms with E-state index in [0.29, 0.717) is 0 Å². The van der Waals surface area contributed by atoms with E-state index in [1.54, 1.807) is 0 Å². The summed E-state index contributed by atoms with van der Waals surface area (Å²) >= 11 is 1.88. The minimum Gasteiger partial charge on any atom is -0.141 e. The summed E-state index contributed by atoms with van der Waals surface area (Å²) in [6.45, 7) is 2.16. The number of rotatable bonds is 2. The van der Waals surface area contributed by atoms with Crippen molar-refractivity contribution in [2.24, 2.45) is 0 Å². The largest absolute Gasteiger partial charge is 0.141 e. The zero-order chi connectivity index (χ0) is 11.7. The summed E-state index contributed by atoms with van der Waals surface area (Å²) in [5.41, 5.74) is 4.21.